The van der Waals surface area contributed by atoms with Crippen LogP contribution in [0.5, 0.6) is 5.75 Å². The second-order valence-corrected chi connectivity index (χ2v) is 9.14. The van der Waals surface area contributed by atoms with Crippen LogP contribution in [0, 0.1) is 5.82 Å². The van der Waals surface area contributed by atoms with Gasteiger partial charge in [0.15, 0.2) is 0 Å². The van der Waals surface area contributed by atoms with E-state index in [1.165, 1.54) is 19.2 Å². The molecular formula is C27H23ClFN3O4. The largest absolute Gasteiger partial charge is 0.496 e. The summed E-state index contributed by atoms with van der Waals surface area (Å²) in [5, 5.41) is 10.6. The summed E-state index contributed by atoms with van der Waals surface area (Å²) in [6, 6.07) is 13.2. The third-order valence-corrected chi connectivity index (χ3v) is 6.80. The van der Waals surface area contributed by atoms with Gasteiger partial charge in [-0.15, -0.1) is 0 Å². The van der Waals surface area contributed by atoms with Crippen LogP contribution in [0.2, 0.25) is 5.02 Å². The molecule has 1 aliphatic rings. The highest BCUT2D eigenvalue weighted by Crippen LogP contribution is 2.31. The first-order valence-electron chi connectivity index (χ1n) is 11.4. The van der Waals surface area contributed by atoms with Crippen molar-refractivity contribution >= 4 is 34.5 Å². The van der Waals surface area contributed by atoms with Gasteiger partial charge in [0.1, 0.15) is 22.8 Å². The van der Waals surface area contributed by atoms with E-state index in [1.54, 1.807) is 35.4 Å². The second kappa shape index (κ2) is 9.62. The van der Waals surface area contributed by atoms with E-state index in [2.05, 4.69) is 4.98 Å². The number of carboxylic acids is 1. The van der Waals surface area contributed by atoms with Gasteiger partial charge >= 0.3 is 5.97 Å². The van der Waals surface area contributed by atoms with Crippen LogP contribution < -0.4 is 4.74 Å². The van der Waals surface area contributed by atoms with E-state index in [0.717, 1.165) is 22.3 Å². The number of carbonyl (C=O) groups excluding carboxylic acids is 1. The molecule has 0 fully saturated rings. The summed E-state index contributed by atoms with van der Waals surface area (Å²) >= 11 is 5.93. The van der Waals surface area contributed by atoms with Gasteiger partial charge in [-0.3, -0.25) is 4.79 Å². The molecule has 4 aromatic rings. The molecular weight excluding hydrogens is 485 g/mol. The molecule has 0 bridgehead atoms. The van der Waals surface area contributed by atoms with Gasteiger partial charge in [-0.25, -0.2) is 14.2 Å². The topological polar surface area (TPSA) is 84.7 Å². The Morgan fingerprint density at radius 2 is 2.03 bits per heavy atom. The summed E-state index contributed by atoms with van der Waals surface area (Å²) in [6.45, 7) is 1.17. The predicted molar refractivity (Wildman–Crippen MR) is 133 cm³/mol. The van der Waals surface area contributed by atoms with Gasteiger partial charge in [-0.1, -0.05) is 23.7 Å². The lowest BCUT2D eigenvalue weighted by atomic mass is 10.0. The fourth-order valence-electron chi connectivity index (χ4n) is 4.77. The minimum absolute atomic E-state index is 0.0442. The number of halogens is 2. The zero-order valence-electron chi connectivity index (χ0n) is 19.5. The number of fused-ring (bicyclic) bond motifs is 3. The molecule has 9 heteroatoms. The van der Waals surface area contributed by atoms with E-state index >= 15 is 0 Å². The fraction of sp³-hybridized carbons (Fsp3) is 0.222. The van der Waals surface area contributed by atoms with E-state index in [1.807, 2.05) is 16.7 Å². The minimum Gasteiger partial charge on any atom is -0.496 e. The van der Waals surface area contributed by atoms with Crippen LogP contribution in [0.3, 0.4) is 0 Å². The van der Waals surface area contributed by atoms with Crippen LogP contribution in [-0.2, 0) is 30.7 Å². The lowest BCUT2D eigenvalue weighted by Gasteiger charge is -2.29. The van der Waals surface area contributed by atoms with Crippen LogP contribution in [0.1, 0.15) is 32.7 Å². The van der Waals surface area contributed by atoms with Crippen LogP contribution >= 0.6 is 11.6 Å². The zero-order valence-corrected chi connectivity index (χ0v) is 20.3. The van der Waals surface area contributed by atoms with Crippen molar-refractivity contribution in [3.8, 4) is 5.75 Å². The number of methoxy groups -OCH3 is 1. The molecule has 0 saturated carbocycles. The summed E-state index contributed by atoms with van der Waals surface area (Å²) in [5.41, 5.74) is 3.99. The van der Waals surface area contributed by atoms with E-state index in [-0.39, 0.29) is 30.2 Å². The minimum atomic E-state index is -1.09. The van der Waals surface area contributed by atoms with Gasteiger partial charge in [0.25, 0.3) is 0 Å². The van der Waals surface area contributed by atoms with E-state index < -0.39 is 11.8 Å². The summed E-state index contributed by atoms with van der Waals surface area (Å²) in [4.78, 5) is 30.9. The smallest absolute Gasteiger partial charge is 0.339 e. The Kier molecular flexibility index (Phi) is 6.36. The van der Waals surface area contributed by atoms with E-state index in [4.69, 9.17) is 16.3 Å². The summed E-state index contributed by atoms with van der Waals surface area (Å²) in [7, 11) is 1.40. The molecule has 0 saturated heterocycles. The Labute approximate surface area is 211 Å². The molecule has 0 spiro atoms. The standard InChI is InChI=1S/C27H23ClFN3O4/c1-36-24-11-16(4-7-21(24)27(34)35)12-25(33)31-10-8-19-20-3-2-9-30-26(20)32(23(19)15-31)14-17-5-6-18(28)13-22(17)29/h2-7,9,11,13H,8,10,12,14-15H2,1H3,(H,34,35). The van der Waals surface area contributed by atoms with Crippen molar-refractivity contribution in [2.24, 2.45) is 0 Å². The van der Waals surface area contributed by atoms with Crippen molar-refractivity contribution in [2.45, 2.75) is 25.9 Å². The average Bonchev–Trinajstić information content (AvgIpc) is 3.18. The van der Waals surface area contributed by atoms with Crippen LogP contribution in [0.25, 0.3) is 11.0 Å². The number of carbonyl (C=O) groups is 2. The molecule has 7 nitrogen and oxygen atoms in total. The van der Waals surface area contributed by atoms with Crippen LogP contribution in [0.15, 0.2) is 54.7 Å². The highest BCUT2D eigenvalue weighted by Gasteiger charge is 2.28. The summed E-state index contributed by atoms with van der Waals surface area (Å²) in [6.07, 6.45) is 2.47. The highest BCUT2D eigenvalue weighted by molar-refractivity contribution is 6.30. The predicted octanol–water partition coefficient (Wildman–Crippen LogP) is 4.71. The quantitative estimate of drug-likeness (QED) is 0.408. The number of hydrogen-bond acceptors (Lipinski definition) is 4. The fourth-order valence-corrected chi connectivity index (χ4v) is 4.93. The van der Waals surface area contributed by atoms with Gasteiger partial charge in [0.2, 0.25) is 5.91 Å². The first-order valence-corrected chi connectivity index (χ1v) is 11.8. The number of aromatic carboxylic acids is 1. The lowest BCUT2D eigenvalue weighted by Crippen LogP contribution is -2.37. The Morgan fingerprint density at radius 3 is 2.78 bits per heavy atom. The number of hydrogen-bond donors (Lipinski definition) is 1. The van der Waals surface area contributed by atoms with Crippen molar-refractivity contribution < 1.29 is 23.8 Å². The molecule has 2 aromatic heterocycles. The molecule has 5 rings (SSSR count). The van der Waals surface area contributed by atoms with E-state index in [0.29, 0.717) is 35.7 Å². The molecule has 0 aliphatic carbocycles. The molecule has 2 aromatic carbocycles. The lowest BCUT2D eigenvalue weighted by molar-refractivity contribution is -0.131. The maximum Gasteiger partial charge on any atom is 0.339 e. The number of aromatic nitrogens is 2. The molecule has 1 aliphatic heterocycles. The molecule has 0 atom stereocenters. The SMILES string of the molecule is COc1cc(CC(=O)N2CCc3c(n(Cc4ccc(Cl)cc4F)c4ncccc34)C2)ccc1C(=O)O. The van der Waals surface area contributed by atoms with Crippen molar-refractivity contribution in [1.29, 1.82) is 0 Å². The first kappa shape index (κ1) is 23.8. The van der Waals surface area contributed by atoms with Crippen molar-refractivity contribution in [3.63, 3.8) is 0 Å². The summed E-state index contributed by atoms with van der Waals surface area (Å²) in [5.74, 6) is -1.36. The number of benzene rings is 2. The van der Waals surface area contributed by atoms with Crippen LogP contribution in [0.4, 0.5) is 4.39 Å². The summed E-state index contributed by atoms with van der Waals surface area (Å²) < 4.78 is 21.8. The van der Waals surface area contributed by atoms with Gasteiger partial charge in [-0.05, 0) is 53.9 Å². The molecule has 184 valence electrons. The number of amides is 1. The van der Waals surface area contributed by atoms with E-state index in [9.17, 15) is 19.1 Å². The Morgan fingerprint density at radius 1 is 1.19 bits per heavy atom. The van der Waals surface area contributed by atoms with Gasteiger partial charge in [-0.2, -0.15) is 0 Å². The third kappa shape index (κ3) is 4.40. The maximum absolute atomic E-state index is 14.6. The monoisotopic (exact) mass is 507 g/mol. The van der Waals surface area contributed by atoms with Gasteiger partial charge in [0, 0.05) is 34.4 Å². The normalized spacial score (nSPS) is 13.0. The zero-order chi connectivity index (χ0) is 25.4. The van der Waals surface area contributed by atoms with Crippen molar-refractivity contribution in [3.05, 3.63) is 93.5 Å². The van der Waals surface area contributed by atoms with Crippen molar-refractivity contribution in [2.75, 3.05) is 13.7 Å². The number of ether oxygens (including phenoxy) is 1. The molecule has 0 unspecified atom stereocenters. The molecule has 1 N–H and O–H groups in total. The Hall–Kier alpha value is -3.91. The van der Waals surface area contributed by atoms with Crippen LogP contribution in [-0.4, -0.2) is 45.1 Å². The number of pyridine rings is 1. The number of carboxylic acid groups (broad SMARTS) is 1. The molecule has 36 heavy (non-hydrogen) atoms. The van der Waals surface area contributed by atoms with Gasteiger partial charge in [0.05, 0.1) is 26.6 Å². The average molecular weight is 508 g/mol. The van der Waals surface area contributed by atoms with Crippen molar-refractivity contribution in [1.82, 2.24) is 14.5 Å². The highest BCUT2D eigenvalue weighted by atomic mass is 35.5. The first-order chi connectivity index (χ1) is 17.4. The Bertz CT molecular complexity index is 1500. The molecule has 3 heterocycles. The molecule has 0 radical (unpaired) electrons. The Balaban J connectivity index is 1.44. The molecule has 1 amide bonds. The third-order valence-electron chi connectivity index (χ3n) is 6.56. The second-order valence-electron chi connectivity index (χ2n) is 8.70. The number of rotatable bonds is 6. The van der Waals surface area contributed by atoms with Gasteiger partial charge < -0.3 is 19.3 Å². The maximum atomic E-state index is 14.6. The number of nitrogens with zero attached hydrogens (tertiary/aromatic N) is 3.